The van der Waals surface area contributed by atoms with E-state index in [1.165, 1.54) is 0 Å². The molecule has 2 aromatic carbocycles. The molecule has 0 aliphatic heterocycles. The molecule has 0 radical (unpaired) electrons. The summed E-state index contributed by atoms with van der Waals surface area (Å²) in [6, 6.07) is 11.1. The second-order valence-electron chi connectivity index (χ2n) is 4.46. The molecule has 0 atom stereocenters. The zero-order chi connectivity index (χ0) is 14.0. The van der Waals surface area contributed by atoms with Crippen molar-refractivity contribution in [1.82, 2.24) is 0 Å². The highest BCUT2D eigenvalue weighted by molar-refractivity contribution is 9.10. The maximum atomic E-state index is 12.3. The van der Waals surface area contributed by atoms with Crippen molar-refractivity contribution in [3.63, 3.8) is 0 Å². The molecule has 2 aromatic rings. The smallest absolute Gasteiger partial charge is 0.256 e. The molecule has 4 heteroatoms. The number of aryl methyl sites for hydroxylation is 2. The molecule has 98 valence electrons. The first-order valence-electron chi connectivity index (χ1n) is 5.91. The highest BCUT2D eigenvalue weighted by Gasteiger charge is 2.11. The number of benzene rings is 2. The van der Waals surface area contributed by atoms with E-state index in [1.807, 2.05) is 38.1 Å². The molecule has 3 nitrogen and oxygen atoms in total. The van der Waals surface area contributed by atoms with Crippen LogP contribution in [-0.4, -0.2) is 5.91 Å². The van der Waals surface area contributed by atoms with Crippen LogP contribution in [0.2, 0.25) is 0 Å². The van der Waals surface area contributed by atoms with Crippen molar-refractivity contribution in [3.05, 3.63) is 57.6 Å². The number of nitrogen functional groups attached to an aromatic ring is 1. The average molecular weight is 319 g/mol. The Kier molecular flexibility index (Phi) is 3.90. The topological polar surface area (TPSA) is 55.1 Å². The summed E-state index contributed by atoms with van der Waals surface area (Å²) in [5, 5.41) is 2.89. The van der Waals surface area contributed by atoms with Gasteiger partial charge in [0.2, 0.25) is 0 Å². The molecule has 0 spiro atoms. The number of anilines is 2. The Hall–Kier alpha value is -1.81. The molecule has 0 aromatic heterocycles. The fraction of sp³-hybridized carbons (Fsp3) is 0.133. The Labute approximate surface area is 121 Å². The van der Waals surface area contributed by atoms with Crippen molar-refractivity contribution in [3.8, 4) is 0 Å². The number of rotatable bonds is 2. The van der Waals surface area contributed by atoms with E-state index in [4.69, 9.17) is 5.73 Å². The van der Waals surface area contributed by atoms with Crippen molar-refractivity contribution >= 4 is 33.2 Å². The number of amides is 1. The third-order valence-electron chi connectivity index (χ3n) is 2.95. The predicted octanol–water partition coefficient (Wildman–Crippen LogP) is 3.90. The normalized spacial score (nSPS) is 10.3. The summed E-state index contributed by atoms with van der Waals surface area (Å²) in [5.41, 5.74) is 9.62. The van der Waals surface area contributed by atoms with E-state index in [1.54, 1.807) is 12.1 Å². The first-order valence-corrected chi connectivity index (χ1v) is 6.71. The Bertz CT molecular complexity index is 638. The van der Waals surface area contributed by atoms with Gasteiger partial charge in [-0.2, -0.15) is 0 Å². The van der Waals surface area contributed by atoms with Crippen molar-refractivity contribution in [2.45, 2.75) is 13.8 Å². The van der Waals surface area contributed by atoms with Gasteiger partial charge >= 0.3 is 0 Å². The highest BCUT2D eigenvalue weighted by Crippen LogP contribution is 2.26. The van der Waals surface area contributed by atoms with Crippen molar-refractivity contribution < 1.29 is 4.79 Å². The van der Waals surface area contributed by atoms with Crippen LogP contribution in [0.3, 0.4) is 0 Å². The average Bonchev–Trinajstić information content (AvgIpc) is 2.38. The Morgan fingerprint density at radius 3 is 2.63 bits per heavy atom. The molecular weight excluding hydrogens is 304 g/mol. The standard InChI is InChI=1S/C15H15BrN2O/c1-9-6-7-11(17)8-12(9)15(19)18-13-5-3-4-10(2)14(13)16/h3-8H,17H2,1-2H3,(H,18,19). The summed E-state index contributed by atoms with van der Waals surface area (Å²) in [7, 11) is 0. The summed E-state index contributed by atoms with van der Waals surface area (Å²) < 4.78 is 0.893. The van der Waals surface area contributed by atoms with E-state index in [9.17, 15) is 4.79 Å². The SMILES string of the molecule is Cc1ccc(N)cc1C(=O)Nc1cccc(C)c1Br. The fourth-order valence-corrected chi connectivity index (χ4v) is 2.18. The van der Waals surface area contributed by atoms with Crippen LogP contribution in [0, 0.1) is 13.8 Å². The molecule has 3 N–H and O–H groups in total. The number of hydrogen-bond donors (Lipinski definition) is 2. The van der Waals surface area contributed by atoms with Gasteiger partial charge in [-0.15, -0.1) is 0 Å². The van der Waals surface area contributed by atoms with Gasteiger partial charge in [-0.1, -0.05) is 18.2 Å². The van der Waals surface area contributed by atoms with Gasteiger partial charge in [0.25, 0.3) is 5.91 Å². The van der Waals surface area contributed by atoms with Crippen molar-refractivity contribution in [2.24, 2.45) is 0 Å². The highest BCUT2D eigenvalue weighted by atomic mass is 79.9. The van der Waals surface area contributed by atoms with Crippen LogP contribution in [0.25, 0.3) is 0 Å². The summed E-state index contributed by atoms with van der Waals surface area (Å²) in [4.78, 5) is 12.3. The molecule has 0 aliphatic rings. The van der Waals surface area contributed by atoms with Crippen LogP contribution in [0.15, 0.2) is 40.9 Å². The maximum absolute atomic E-state index is 12.3. The molecule has 0 saturated carbocycles. The van der Waals surface area contributed by atoms with Gasteiger partial charge in [0, 0.05) is 15.7 Å². The number of carbonyl (C=O) groups excluding carboxylic acids is 1. The number of nitrogens with two attached hydrogens (primary N) is 1. The minimum absolute atomic E-state index is 0.156. The predicted molar refractivity (Wildman–Crippen MR) is 82.4 cm³/mol. The van der Waals surface area contributed by atoms with Gasteiger partial charge in [0.15, 0.2) is 0 Å². The minimum atomic E-state index is -0.156. The zero-order valence-electron chi connectivity index (χ0n) is 10.8. The van der Waals surface area contributed by atoms with Gasteiger partial charge in [-0.25, -0.2) is 0 Å². The van der Waals surface area contributed by atoms with Gasteiger partial charge in [0.05, 0.1) is 5.69 Å². The Balaban J connectivity index is 2.31. The Morgan fingerprint density at radius 2 is 1.89 bits per heavy atom. The number of halogens is 1. The second-order valence-corrected chi connectivity index (χ2v) is 5.26. The van der Waals surface area contributed by atoms with E-state index < -0.39 is 0 Å². The third-order valence-corrected chi connectivity index (χ3v) is 4.00. The summed E-state index contributed by atoms with van der Waals surface area (Å²) in [5.74, 6) is -0.156. The lowest BCUT2D eigenvalue weighted by molar-refractivity contribution is 0.102. The second kappa shape index (κ2) is 5.45. The van der Waals surface area contributed by atoms with E-state index in [-0.39, 0.29) is 5.91 Å². The van der Waals surface area contributed by atoms with E-state index >= 15 is 0 Å². The lowest BCUT2D eigenvalue weighted by atomic mass is 10.1. The van der Waals surface area contributed by atoms with Crippen LogP contribution in [-0.2, 0) is 0 Å². The number of carbonyl (C=O) groups is 1. The van der Waals surface area contributed by atoms with E-state index in [0.29, 0.717) is 11.3 Å². The van der Waals surface area contributed by atoms with E-state index in [2.05, 4.69) is 21.2 Å². The molecule has 1 amide bonds. The maximum Gasteiger partial charge on any atom is 0.256 e. The van der Waals surface area contributed by atoms with Crippen molar-refractivity contribution in [1.29, 1.82) is 0 Å². The largest absolute Gasteiger partial charge is 0.399 e. The van der Waals surface area contributed by atoms with Crippen LogP contribution in [0.1, 0.15) is 21.5 Å². The van der Waals surface area contributed by atoms with Gasteiger partial charge in [0.1, 0.15) is 0 Å². The molecule has 2 rings (SSSR count). The molecule has 0 fully saturated rings. The summed E-state index contributed by atoms with van der Waals surface area (Å²) in [6.07, 6.45) is 0. The van der Waals surface area contributed by atoms with Gasteiger partial charge < -0.3 is 11.1 Å². The molecule has 0 saturated heterocycles. The minimum Gasteiger partial charge on any atom is -0.399 e. The number of nitrogens with one attached hydrogen (secondary N) is 1. The molecule has 0 unspecified atom stereocenters. The first kappa shape index (κ1) is 13.6. The van der Waals surface area contributed by atoms with Gasteiger partial charge in [-0.05, 0) is 59.1 Å². The van der Waals surface area contributed by atoms with Crippen LogP contribution in [0.5, 0.6) is 0 Å². The van der Waals surface area contributed by atoms with E-state index in [0.717, 1.165) is 21.3 Å². The number of hydrogen-bond acceptors (Lipinski definition) is 2. The van der Waals surface area contributed by atoms with Crippen LogP contribution < -0.4 is 11.1 Å². The molecule has 0 aliphatic carbocycles. The lowest BCUT2D eigenvalue weighted by Crippen LogP contribution is -2.14. The summed E-state index contributed by atoms with van der Waals surface area (Å²) in [6.45, 7) is 3.87. The quantitative estimate of drug-likeness (QED) is 0.825. The third kappa shape index (κ3) is 2.96. The molecular formula is C15H15BrN2O. The monoisotopic (exact) mass is 318 g/mol. The summed E-state index contributed by atoms with van der Waals surface area (Å²) >= 11 is 3.47. The zero-order valence-corrected chi connectivity index (χ0v) is 12.4. The van der Waals surface area contributed by atoms with Gasteiger partial charge in [-0.3, -0.25) is 4.79 Å². The van der Waals surface area contributed by atoms with Crippen LogP contribution >= 0.6 is 15.9 Å². The lowest BCUT2D eigenvalue weighted by Gasteiger charge is -2.11. The molecule has 0 bridgehead atoms. The molecule has 0 heterocycles. The Morgan fingerprint density at radius 1 is 1.16 bits per heavy atom. The van der Waals surface area contributed by atoms with Crippen molar-refractivity contribution in [2.75, 3.05) is 11.1 Å². The fourth-order valence-electron chi connectivity index (χ4n) is 1.82. The molecule has 19 heavy (non-hydrogen) atoms. The first-order chi connectivity index (χ1) is 8.99. The van der Waals surface area contributed by atoms with Crippen LogP contribution in [0.4, 0.5) is 11.4 Å².